The number of benzene rings is 1. The fourth-order valence-electron chi connectivity index (χ4n) is 3.88. The molecule has 1 saturated heterocycles. The van der Waals surface area contributed by atoms with E-state index in [-0.39, 0.29) is 23.2 Å². The Balaban J connectivity index is 1.73. The SMILES string of the molecule is CC1CN(C(=O)OC(C)(C)C)CCN1c1nc2c(C(F)(F)F)c(Cl)cc(-c3ccccn3)c2o1. The van der Waals surface area contributed by atoms with Crippen molar-refractivity contribution < 1.29 is 27.1 Å². The maximum absolute atomic E-state index is 13.9. The number of ether oxygens (including phenoxy) is 1. The highest BCUT2D eigenvalue weighted by molar-refractivity contribution is 6.33. The van der Waals surface area contributed by atoms with Gasteiger partial charge in [-0.2, -0.15) is 18.2 Å². The van der Waals surface area contributed by atoms with E-state index in [1.165, 1.54) is 12.3 Å². The lowest BCUT2D eigenvalue weighted by atomic mass is 10.1. The fraction of sp³-hybridized carbons (Fsp3) is 0.435. The lowest BCUT2D eigenvalue weighted by Crippen LogP contribution is -2.54. The predicted octanol–water partition coefficient (Wildman–Crippen LogP) is 6.01. The summed E-state index contributed by atoms with van der Waals surface area (Å²) in [5.74, 6) is 0. The van der Waals surface area contributed by atoms with E-state index in [0.29, 0.717) is 30.9 Å². The highest BCUT2D eigenvalue weighted by Gasteiger charge is 2.39. The summed E-state index contributed by atoms with van der Waals surface area (Å²) in [7, 11) is 0. The minimum Gasteiger partial charge on any atom is -0.444 e. The van der Waals surface area contributed by atoms with Crippen LogP contribution in [0.3, 0.4) is 0 Å². The molecule has 34 heavy (non-hydrogen) atoms. The van der Waals surface area contributed by atoms with E-state index in [0.717, 1.165) is 0 Å². The molecule has 1 aliphatic heterocycles. The van der Waals surface area contributed by atoms with Gasteiger partial charge in [0.05, 0.1) is 10.7 Å². The first-order valence-corrected chi connectivity index (χ1v) is 11.1. The number of hydrogen-bond donors (Lipinski definition) is 0. The monoisotopic (exact) mass is 496 g/mol. The standard InChI is InChI=1S/C23H24ClF3N4O3/c1-13-12-30(21(32)34-22(2,3)4)9-10-31(13)20-29-18-17(23(25,26)27)15(24)11-14(19(18)33-20)16-7-5-6-8-28-16/h5-8,11,13H,9-10,12H2,1-4H3. The van der Waals surface area contributed by atoms with Crippen LogP contribution < -0.4 is 4.90 Å². The topological polar surface area (TPSA) is 71.7 Å². The molecular formula is C23H24ClF3N4O3. The number of oxazole rings is 1. The summed E-state index contributed by atoms with van der Waals surface area (Å²) < 4.78 is 52.9. The van der Waals surface area contributed by atoms with Crippen molar-refractivity contribution in [1.82, 2.24) is 14.9 Å². The van der Waals surface area contributed by atoms with Crippen LogP contribution in [0.15, 0.2) is 34.9 Å². The third-order valence-electron chi connectivity index (χ3n) is 5.36. The zero-order valence-corrected chi connectivity index (χ0v) is 19.9. The van der Waals surface area contributed by atoms with Crippen LogP contribution in [0.25, 0.3) is 22.4 Å². The van der Waals surface area contributed by atoms with Crippen LogP contribution in [0.2, 0.25) is 5.02 Å². The van der Waals surface area contributed by atoms with Crippen LogP contribution in [-0.2, 0) is 10.9 Å². The normalized spacial score (nSPS) is 17.4. The van der Waals surface area contributed by atoms with Crippen LogP contribution in [0, 0.1) is 0 Å². The van der Waals surface area contributed by atoms with Gasteiger partial charge in [0.2, 0.25) is 0 Å². The van der Waals surface area contributed by atoms with Crippen molar-refractivity contribution >= 4 is 34.8 Å². The van der Waals surface area contributed by atoms with Gasteiger partial charge in [-0.15, -0.1) is 0 Å². The van der Waals surface area contributed by atoms with E-state index in [9.17, 15) is 18.0 Å². The Kier molecular flexibility index (Phi) is 6.14. The van der Waals surface area contributed by atoms with Gasteiger partial charge in [0.25, 0.3) is 6.01 Å². The number of fused-ring (bicyclic) bond motifs is 1. The molecular weight excluding hydrogens is 473 g/mol. The van der Waals surface area contributed by atoms with E-state index in [4.69, 9.17) is 20.8 Å². The first-order chi connectivity index (χ1) is 15.8. The van der Waals surface area contributed by atoms with Crippen molar-refractivity contribution in [2.24, 2.45) is 0 Å². The van der Waals surface area contributed by atoms with Crippen molar-refractivity contribution in [3.63, 3.8) is 0 Å². The average Bonchev–Trinajstić information content (AvgIpc) is 3.15. The number of nitrogens with zero attached hydrogens (tertiary/aromatic N) is 4. The largest absolute Gasteiger partial charge is 0.444 e. The van der Waals surface area contributed by atoms with E-state index >= 15 is 0 Å². The van der Waals surface area contributed by atoms with Gasteiger partial charge in [0.1, 0.15) is 16.7 Å². The van der Waals surface area contributed by atoms with E-state index < -0.39 is 28.5 Å². The Hall–Kier alpha value is -3.01. The van der Waals surface area contributed by atoms with Crippen molar-refractivity contribution in [3.05, 3.63) is 41.0 Å². The van der Waals surface area contributed by atoms with Gasteiger partial charge < -0.3 is 19.0 Å². The zero-order chi connectivity index (χ0) is 24.8. The number of carbonyl (C=O) groups is 1. The molecule has 0 spiro atoms. The van der Waals surface area contributed by atoms with E-state index in [1.807, 2.05) is 6.92 Å². The Morgan fingerprint density at radius 2 is 1.97 bits per heavy atom. The zero-order valence-electron chi connectivity index (χ0n) is 19.1. The Bertz CT molecular complexity index is 1210. The molecule has 4 rings (SSSR count). The molecule has 0 saturated carbocycles. The van der Waals surface area contributed by atoms with Gasteiger partial charge in [0.15, 0.2) is 5.58 Å². The van der Waals surface area contributed by atoms with E-state index in [1.54, 1.807) is 48.8 Å². The molecule has 7 nitrogen and oxygen atoms in total. The maximum atomic E-state index is 13.9. The lowest BCUT2D eigenvalue weighted by molar-refractivity contribution is -0.136. The molecule has 11 heteroatoms. The van der Waals surface area contributed by atoms with Crippen molar-refractivity contribution in [1.29, 1.82) is 0 Å². The molecule has 1 aromatic carbocycles. The molecule has 1 aliphatic rings. The summed E-state index contributed by atoms with van der Waals surface area (Å²) in [5.41, 5.74) is -1.39. The van der Waals surface area contributed by atoms with Gasteiger partial charge in [-0.3, -0.25) is 4.98 Å². The lowest BCUT2D eigenvalue weighted by Gasteiger charge is -2.39. The van der Waals surface area contributed by atoms with Gasteiger partial charge >= 0.3 is 12.3 Å². The third kappa shape index (κ3) is 4.77. The maximum Gasteiger partial charge on any atom is 0.420 e. The highest BCUT2D eigenvalue weighted by Crippen LogP contribution is 2.44. The smallest absolute Gasteiger partial charge is 0.420 e. The first kappa shape index (κ1) is 24.1. The second-order valence-corrected chi connectivity index (χ2v) is 9.54. The average molecular weight is 497 g/mol. The molecule has 3 aromatic rings. The summed E-state index contributed by atoms with van der Waals surface area (Å²) in [6, 6.07) is 6.02. The summed E-state index contributed by atoms with van der Waals surface area (Å²) >= 11 is 6.07. The number of alkyl halides is 3. The quantitative estimate of drug-likeness (QED) is 0.433. The molecule has 1 atom stereocenters. The number of halogens is 4. The molecule has 1 amide bonds. The molecule has 0 radical (unpaired) electrons. The molecule has 0 N–H and O–H groups in total. The Morgan fingerprint density at radius 1 is 1.24 bits per heavy atom. The van der Waals surface area contributed by atoms with Crippen LogP contribution in [0.5, 0.6) is 0 Å². The van der Waals surface area contributed by atoms with Crippen LogP contribution in [-0.4, -0.2) is 52.2 Å². The number of carbonyl (C=O) groups excluding carboxylic acids is 1. The summed E-state index contributed by atoms with van der Waals surface area (Å²) in [6.45, 7) is 8.10. The number of rotatable bonds is 2. The number of piperazine rings is 1. The summed E-state index contributed by atoms with van der Waals surface area (Å²) in [4.78, 5) is 24.2. The van der Waals surface area contributed by atoms with Crippen LogP contribution in [0.1, 0.15) is 33.3 Å². The Morgan fingerprint density at radius 3 is 2.56 bits per heavy atom. The molecule has 0 bridgehead atoms. The molecule has 1 unspecified atom stereocenters. The number of anilines is 1. The molecule has 3 heterocycles. The van der Waals surface area contributed by atoms with Crippen molar-refractivity contribution in [3.8, 4) is 11.3 Å². The molecule has 182 valence electrons. The highest BCUT2D eigenvalue weighted by atomic mass is 35.5. The summed E-state index contributed by atoms with van der Waals surface area (Å²) in [6.07, 6.45) is -3.64. The van der Waals surface area contributed by atoms with Gasteiger partial charge in [-0.05, 0) is 45.9 Å². The van der Waals surface area contributed by atoms with Crippen molar-refractivity contribution in [2.45, 2.75) is 45.5 Å². The van der Waals surface area contributed by atoms with Crippen molar-refractivity contribution in [2.75, 3.05) is 24.5 Å². The van der Waals surface area contributed by atoms with E-state index in [2.05, 4.69) is 9.97 Å². The Labute approximate surface area is 199 Å². The minimum atomic E-state index is -4.73. The number of amides is 1. The number of aromatic nitrogens is 2. The molecule has 1 fully saturated rings. The van der Waals surface area contributed by atoms with Crippen LogP contribution >= 0.6 is 11.6 Å². The summed E-state index contributed by atoms with van der Waals surface area (Å²) in [5, 5.41) is -0.483. The second kappa shape index (κ2) is 8.65. The third-order valence-corrected chi connectivity index (χ3v) is 5.65. The molecule has 0 aliphatic carbocycles. The van der Waals surface area contributed by atoms with Gasteiger partial charge in [-0.1, -0.05) is 17.7 Å². The fourth-order valence-corrected chi connectivity index (χ4v) is 4.18. The minimum absolute atomic E-state index is 0.0243. The van der Waals surface area contributed by atoms with Crippen LogP contribution in [0.4, 0.5) is 24.0 Å². The van der Waals surface area contributed by atoms with Gasteiger partial charge in [0, 0.05) is 37.4 Å². The first-order valence-electron chi connectivity index (χ1n) is 10.7. The number of hydrogen-bond acceptors (Lipinski definition) is 6. The molecule has 2 aromatic heterocycles. The predicted molar refractivity (Wildman–Crippen MR) is 122 cm³/mol. The number of pyridine rings is 1. The van der Waals surface area contributed by atoms with Gasteiger partial charge in [-0.25, -0.2) is 4.79 Å². The second-order valence-electron chi connectivity index (χ2n) is 9.14.